The summed E-state index contributed by atoms with van der Waals surface area (Å²) in [4.78, 5) is 27.5. The Morgan fingerprint density at radius 3 is 2.39 bits per heavy atom. The van der Waals surface area contributed by atoms with E-state index in [1.807, 2.05) is 36.5 Å². The lowest BCUT2D eigenvalue weighted by Gasteiger charge is -2.41. The molecule has 0 aliphatic carbocycles. The molecule has 2 aliphatic heterocycles. The van der Waals surface area contributed by atoms with Gasteiger partial charge in [-0.1, -0.05) is 41.9 Å². The van der Waals surface area contributed by atoms with Crippen molar-refractivity contribution in [2.75, 3.05) is 13.1 Å². The fourth-order valence-corrected chi connectivity index (χ4v) is 6.16. The van der Waals surface area contributed by atoms with Crippen LogP contribution in [0.15, 0.2) is 60.9 Å². The van der Waals surface area contributed by atoms with E-state index in [0.717, 1.165) is 49.4 Å². The van der Waals surface area contributed by atoms with E-state index in [1.165, 1.54) is 16.7 Å². The van der Waals surface area contributed by atoms with Gasteiger partial charge in [0, 0.05) is 54.7 Å². The summed E-state index contributed by atoms with van der Waals surface area (Å²) in [6.45, 7) is 6.72. The fraction of sp³-hybridized carbons (Fsp3) is 0.345. The molecule has 6 nitrogen and oxygen atoms in total. The minimum atomic E-state index is 0.261. The number of nitrogens with zero attached hydrogens (tertiary/aromatic N) is 5. The number of aromatic nitrogens is 3. The second-order valence-corrected chi connectivity index (χ2v) is 10.6. The summed E-state index contributed by atoms with van der Waals surface area (Å²) >= 11 is 6.14. The van der Waals surface area contributed by atoms with Crippen molar-refractivity contribution in [1.29, 1.82) is 0 Å². The number of aryl methyl sites for hydroxylation is 2. The lowest BCUT2D eigenvalue weighted by molar-refractivity contribution is -0.136. The molecule has 2 atom stereocenters. The zero-order valence-electron chi connectivity index (χ0n) is 20.7. The van der Waals surface area contributed by atoms with Crippen LogP contribution in [0.1, 0.15) is 35.2 Å². The molecule has 36 heavy (non-hydrogen) atoms. The average molecular weight is 500 g/mol. The van der Waals surface area contributed by atoms with E-state index in [2.05, 4.69) is 51.2 Å². The summed E-state index contributed by atoms with van der Waals surface area (Å²) in [7, 11) is 0. The van der Waals surface area contributed by atoms with Crippen LogP contribution in [-0.2, 0) is 17.8 Å². The summed E-state index contributed by atoms with van der Waals surface area (Å²) < 4.78 is 2.09. The van der Waals surface area contributed by atoms with Crippen molar-refractivity contribution in [2.24, 2.45) is 0 Å². The Labute approximate surface area is 216 Å². The third-order valence-electron chi connectivity index (χ3n) is 7.81. The third kappa shape index (κ3) is 4.18. The SMILES string of the molecule is Cc1cccc(C)c1CC(=O)N1C2CCC1CN(Cc1c(-c3ccc(Cl)cc3)nc3ncccn13)C2. The first-order valence-electron chi connectivity index (χ1n) is 12.6. The Hall–Kier alpha value is -3.22. The molecule has 2 aliphatic rings. The Morgan fingerprint density at radius 2 is 1.69 bits per heavy atom. The molecular formula is C29H30ClN5O. The van der Waals surface area contributed by atoms with Gasteiger partial charge in [-0.05, 0) is 61.6 Å². The number of carbonyl (C=O) groups excluding carboxylic acids is 1. The molecule has 2 bridgehead atoms. The van der Waals surface area contributed by atoms with Crippen LogP contribution in [0.25, 0.3) is 17.0 Å². The van der Waals surface area contributed by atoms with Gasteiger partial charge in [-0.25, -0.2) is 9.97 Å². The van der Waals surface area contributed by atoms with Crippen LogP contribution in [0, 0.1) is 13.8 Å². The largest absolute Gasteiger partial charge is 0.334 e. The molecule has 4 aromatic rings. The van der Waals surface area contributed by atoms with Gasteiger partial charge >= 0.3 is 0 Å². The van der Waals surface area contributed by atoms with Crippen molar-refractivity contribution < 1.29 is 4.79 Å². The van der Waals surface area contributed by atoms with E-state index in [9.17, 15) is 4.79 Å². The van der Waals surface area contributed by atoms with Gasteiger partial charge in [0.1, 0.15) is 0 Å². The minimum absolute atomic E-state index is 0.261. The van der Waals surface area contributed by atoms with Crippen LogP contribution in [0.3, 0.4) is 0 Å². The van der Waals surface area contributed by atoms with Gasteiger partial charge in [0.05, 0.1) is 17.8 Å². The molecule has 2 saturated heterocycles. The highest BCUT2D eigenvalue weighted by molar-refractivity contribution is 6.30. The third-order valence-corrected chi connectivity index (χ3v) is 8.06. The quantitative estimate of drug-likeness (QED) is 0.384. The Bertz CT molecular complexity index is 1400. The lowest BCUT2D eigenvalue weighted by Crippen LogP contribution is -2.55. The number of fused-ring (bicyclic) bond motifs is 3. The topological polar surface area (TPSA) is 53.7 Å². The molecule has 0 N–H and O–H groups in total. The summed E-state index contributed by atoms with van der Waals surface area (Å²) in [5.41, 5.74) is 6.66. The van der Waals surface area contributed by atoms with E-state index in [-0.39, 0.29) is 18.0 Å². The molecule has 2 unspecified atom stereocenters. The summed E-state index contributed by atoms with van der Waals surface area (Å²) in [6.07, 6.45) is 6.43. The van der Waals surface area contributed by atoms with Gasteiger partial charge in [-0.3, -0.25) is 14.1 Å². The van der Waals surface area contributed by atoms with E-state index in [4.69, 9.17) is 16.6 Å². The lowest BCUT2D eigenvalue weighted by atomic mass is 9.99. The molecule has 0 saturated carbocycles. The number of halogens is 1. The first kappa shape index (κ1) is 23.2. The molecule has 2 aromatic carbocycles. The van der Waals surface area contributed by atoms with Crippen LogP contribution in [-0.4, -0.2) is 55.2 Å². The number of hydrogen-bond acceptors (Lipinski definition) is 4. The van der Waals surface area contributed by atoms with Crippen LogP contribution < -0.4 is 0 Å². The molecule has 4 heterocycles. The molecular weight excluding hydrogens is 470 g/mol. The van der Waals surface area contributed by atoms with E-state index < -0.39 is 0 Å². The standard InChI is InChI=1S/C29H30ClN5O/c1-19-5-3-6-20(2)25(19)15-27(36)35-23-11-12-24(35)17-33(16-23)18-26-28(21-7-9-22(30)10-8-21)32-29-31-13-4-14-34(26)29/h3-10,13-14,23-24H,11-12,15-18H2,1-2H3. The van der Waals surface area contributed by atoms with E-state index >= 15 is 0 Å². The maximum atomic E-state index is 13.5. The fourth-order valence-electron chi connectivity index (χ4n) is 6.03. The van der Waals surface area contributed by atoms with Crippen molar-refractivity contribution in [3.8, 4) is 11.3 Å². The van der Waals surface area contributed by atoms with E-state index in [1.54, 1.807) is 6.20 Å². The van der Waals surface area contributed by atoms with Gasteiger partial charge in [0.25, 0.3) is 0 Å². The van der Waals surface area contributed by atoms with Crippen molar-refractivity contribution >= 4 is 23.3 Å². The first-order chi connectivity index (χ1) is 17.5. The Morgan fingerprint density at radius 1 is 1.00 bits per heavy atom. The zero-order chi connectivity index (χ0) is 24.8. The number of rotatable bonds is 5. The number of amides is 1. The molecule has 0 radical (unpaired) electrons. The van der Waals surface area contributed by atoms with Crippen LogP contribution in [0.2, 0.25) is 5.02 Å². The molecule has 184 valence electrons. The molecule has 0 spiro atoms. The second-order valence-electron chi connectivity index (χ2n) is 10.1. The number of likely N-dealkylation sites (tertiary alicyclic amines) is 1. The van der Waals surface area contributed by atoms with Crippen LogP contribution in [0.4, 0.5) is 0 Å². The molecule has 7 heteroatoms. The van der Waals surface area contributed by atoms with Crippen molar-refractivity contribution in [3.63, 3.8) is 0 Å². The molecule has 2 fully saturated rings. The van der Waals surface area contributed by atoms with E-state index in [0.29, 0.717) is 17.2 Å². The zero-order valence-corrected chi connectivity index (χ0v) is 21.4. The predicted octanol–water partition coefficient (Wildman–Crippen LogP) is 5.08. The van der Waals surface area contributed by atoms with Gasteiger partial charge in [-0.2, -0.15) is 0 Å². The number of carbonyl (C=O) groups is 1. The first-order valence-corrected chi connectivity index (χ1v) is 13.0. The number of piperazine rings is 1. The highest BCUT2D eigenvalue weighted by atomic mass is 35.5. The maximum Gasteiger partial charge on any atom is 0.234 e. The normalized spacial score (nSPS) is 19.8. The van der Waals surface area contributed by atoms with Crippen molar-refractivity contribution in [1.82, 2.24) is 24.2 Å². The van der Waals surface area contributed by atoms with Gasteiger partial charge in [0.2, 0.25) is 11.7 Å². The number of imidazole rings is 1. The van der Waals surface area contributed by atoms with Crippen LogP contribution in [0.5, 0.6) is 0 Å². The Kier molecular flexibility index (Phi) is 6.02. The maximum absolute atomic E-state index is 13.5. The monoisotopic (exact) mass is 499 g/mol. The minimum Gasteiger partial charge on any atom is -0.334 e. The number of hydrogen-bond donors (Lipinski definition) is 0. The molecule has 1 amide bonds. The second kappa shape index (κ2) is 9.34. The molecule has 6 rings (SSSR count). The van der Waals surface area contributed by atoms with Gasteiger partial charge in [-0.15, -0.1) is 0 Å². The van der Waals surface area contributed by atoms with Crippen molar-refractivity contribution in [3.05, 3.63) is 88.3 Å². The van der Waals surface area contributed by atoms with Crippen LogP contribution >= 0.6 is 11.6 Å². The summed E-state index contributed by atoms with van der Waals surface area (Å²) in [5.74, 6) is 0.961. The average Bonchev–Trinajstić information content (AvgIpc) is 3.36. The van der Waals surface area contributed by atoms with Gasteiger partial charge < -0.3 is 4.90 Å². The van der Waals surface area contributed by atoms with Crippen molar-refractivity contribution in [2.45, 2.75) is 51.7 Å². The van der Waals surface area contributed by atoms with Gasteiger partial charge in [0.15, 0.2) is 0 Å². The summed E-state index contributed by atoms with van der Waals surface area (Å²) in [6, 6.07) is 16.6. The highest BCUT2D eigenvalue weighted by Gasteiger charge is 2.42. The number of benzene rings is 2. The smallest absolute Gasteiger partial charge is 0.234 e. The summed E-state index contributed by atoms with van der Waals surface area (Å²) in [5, 5.41) is 0.709. The highest BCUT2D eigenvalue weighted by Crippen LogP contribution is 2.33. The predicted molar refractivity (Wildman–Crippen MR) is 142 cm³/mol. The molecule has 2 aromatic heterocycles. The Balaban J connectivity index is 1.24.